The summed E-state index contributed by atoms with van der Waals surface area (Å²) in [6.45, 7) is 6.20. The van der Waals surface area contributed by atoms with Crippen LogP contribution in [-0.4, -0.2) is 17.1 Å². The van der Waals surface area contributed by atoms with Gasteiger partial charge in [-0.15, -0.1) is 0 Å². The fourth-order valence-corrected chi connectivity index (χ4v) is 1.97. The van der Waals surface area contributed by atoms with E-state index in [0.29, 0.717) is 17.6 Å². The Morgan fingerprint density at radius 3 is 2.47 bits per heavy atom. The number of hydrogen-bond acceptors (Lipinski definition) is 4. The number of rotatable bonds is 3. The Bertz CT molecular complexity index is 574. The minimum Gasteiger partial charge on any atom is -0.496 e. The Morgan fingerprint density at radius 2 is 1.89 bits per heavy atom. The maximum absolute atomic E-state index is 5.79. The number of nitrogens with two attached hydrogens (primary N) is 1. The Hall–Kier alpha value is -2.10. The second-order valence-corrected chi connectivity index (χ2v) is 4.87. The lowest BCUT2D eigenvalue weighted by molar-refractivity contribution is 0.416. The third-order valence-electron chi connectivity index (χ3n) is 3.01. The third-order valence-corrected chi connectivity index (χ3v) is 3.01. The first-order chi connectivity index (χ1) is 9.01. The molecule has 0 amide bonds. The monoisotopic (exact) mass is 257 g/mol. The minimum atomic E-state index is 0.437. The van der Waals surface area contributed by atoms with Gasteiger partial charge >= 0.3 is 0 Å². The summed E-state index contributed by atoms with van der Waals surface area (Å²) >= 11 is 0. The topological polar surface area (TPSA) is 61.0 Å². The van der Waals surface area contributed by atoms with Crippen LogP contribution in [0.25, 0.3) is 11.4 Å². The molecular formula is C15H19N3O. The smallest absolute Gasteiger partial charge is 0.165 e. The highest BCUT2D eigenvalue weighted by atomic mass is 16.5. The van der Waals surface area contributed by atoms with Crippen molar-refractivity contribution in [1.82, 2.24) is 9.97 Å². The SMILES string of the molecule is COc1ccc(C(C)C)cc1-c1nc(C)cc(N)n1. The molecule has 0 aliphatic carbocycles. The van der Waals surface area contributed by atoms with Gasteiger partial charge in [0.25, 0.3) is 0 Å². The predicted molar refractivity (Wildman–Crippen MR) is 77.3 cm³/mol. The number of aryl methyl sites for hydroxylation is 1. The molecule has 0 unspecified atom stereocenters. The van der Waals surface area contributed by atoms with Crippen LogP contribution in [0, 0.1) is 6.92 Å². The maximum Gasteiger partial charge on any atom is 0.165 e. The van der Waals surface area contributed by atoms with Crippen LogP contribution >= 0.6 is 0 Å². The lowest BCUT2D eigenvalue weighted by Gasteiger charge is -2.12. The molecule has 4 heteroatoms. The summed E-state index contributed by atoms with van der Waals surface area (Å²) in [5.41, 5.74) is 8.74. The van der Waals surface area contributed by atoms with Gasteiger partial charge in [-0.2, -0.15) is 0 Å². The molecule has 2 N–H and O–H groups in total. The molecule has 1 heterocycles. The molecule has 0 bridgehead atoms. The van der Waals surface area contributed by atoms with Crippen molar-refractivity contribution in [2.24, 2.45) is 0 Å². The molecule has 2 aromatic rings. The number of benzene rings is 1. The molecule has 0 aliphatic heterocycles. The molecule has 0 aliphatic rings. The molecule has 0 saturated carbocycles. The molecule has 0 radical (unpaired) electrons. The second kappa shape index (κ2) is 5.26. The highest BCUT2D eigenvalue weighted by Crippen LogP contribution is 2.31. The van der Waals surface area contributed by atoms with Crippen LogP contribution in [0.5, 0.6) is 5.75 Å². The first-order valence-electron chi connectivity index (χ1n) is 6.30. The summed E-state index contributed by atoms with van der Waals surface area (Å²) in [4.78, 5) is 8.74. The van der Waals surface area contributed by atoms with Crippen molar-refractivity contribution in [1.29, 1.82) is 0 Å². The van der Waals surface area contributed by atoms with Crippen molar-refractivity contribution in [2.45, 2.75) is 26.7 Å². The Kier molecular flexibility index (Phi) is 3.69. The lowest BCUT2D eigenvalue weighted by atomic mass is 10.00. The minimum absolute atomic E-state index is 0.437. The van der Waals surface area contributed by atoms with E-state index in [2.05, 4.69) is 35.9 Å². The molecule has 2 rings (SSSR count). The van der Waals surface area contributed by atoms with E-state index in [4.69, 9.17) is 10.5 Å². The molecule has 4 nitrogen and oxygen atoms in total. The predicted octanol–water partition coefficient (Wildman–Crippen LogP) is 3.17. The number of nitrogen functional groups attached to an aromatic ring is 1. The quantitative estimate of drug-likeness (QED) is 0.917. The van der Waals surface area contributed by atoms with Crippen LogP contribution in [0.2, 0.25) is 0 Å². The number of aromatic nitrogens is 2. The van der Waals surface area contributed by atoms with Crippen LogP contribution in [-0.2, 0) is 0 Å². The molecule has 1 aromatic heterocycles. The van der Waals surface area contributed by atoms with Crippen molar-refractivity contribution in [3.05, 3.63) is 35.5 Å². The summed E-state index contributed by atoms with van der Waals surface area (Å²) in [5.74, 6) is 2.28. The molecule has 0 saturated heterocycles. The number of ether oxygens (including phenoxy) is 1. The standard InChI is InChI=1S/C15H19N3O/c1-9(2)11-5-6-13(19-4)12(8-11)15-17-10(3)7-14(16)18-15/h5-9H,1-4H3,(H2,16,17,18). The van der Waals surface area contributed by atoms with Crippen LogP contribution in [0.1, 0.15) is 31.0 Å². The molecule has 0 atom stereocenters. The Balaban J connectivity index is 2.61. The summed E-state index contributed by atoms with van der Waals surface area (Å²) in [6, 6.07) is 7.83. The first-order valence-corrected chi connectivity index (χ1v) is 6.30. The van der Waals surface area contributed by atoms with Crippen molar-refractivity contribution >= 4 is 5.82 Å². The third kappa shape index (κ3) is 2.84. The lowest BCUT2D eigenvalue weighted by Crippen LogP contribution is -2.00. The van der Waals surface area contributed by atoms with E-state index in [1.165, 1.54) is 5.56 Å². The fourth-order valence-electron chi connectivity index (χ4n) is 1.97. The normalized spacial score (nSPS) is 10.8. The van der Waals surface area contributed by atoms with Gasteiger partial charge in [-0.25, -0.2) is 9.97 Å². The number of nitrogens with zero attached hydrogens (tertiary/aromatic N) is 2. The molecule has 100 valence electrons. The summed E-state index contributed by atoms with van der Waals surface area (Å²) in [7, 11) is 1.65. The molecule has 19 heavy (non-hydrogen) atoms. The van der Waals surface area contributed by atoms with E-state index in [0.717, 1.165) is 17.0 Å². The van der Waals surface area contributed by atoms with Gasteiger partial charge in [0.05, 0.1) is 12.7 Å². The highest BCUT2D eigenvalue weighted by Gasteiger charge is 2.12. The van der Waals surface area contributed by atoms with Gasteiger partial charge in [0, 0.05) is 11.8 Å². The number of hydrogen-bond donors (Lipinski definition) is 1. The van der Waals surface area contributed by atoms with E-state index >= 15 is 0 Å². The molecule has 0 fully saturated rings. The second-order valence-electron chi connectivity index (χ2n) is 4.87. The zero-order chi connectivity index (χ0) is 14.0. The van der Waals surface area contributed by atoms with E-state index in [1.807, 2.05) is 13.0 Å². The van der Waals surface area contributed by atoms with Crippen molar-refractivity contribution in [2.75, 3.05) is 12.8 Å². The van der Waals surface area contributed by atoms with Gasteiger partial charge in [0.1, 0.15) is 11.6 Å². The number of methoxy groups -OCH3 is 1. The van der Waals surface area contributed by atoms with Gasteiger partial charge in [0.15, 0.2) is 5.82 Å². The summed E-state index contributed by atoms with van der Waals surface area (Å²) in [5, 5.41) is 0. The van der Waals surface area contributed by atoms with Gasteiger partial charge in [-0.1, -0.05) is 19.9 Å². The summed E-state index contributed by atoms with van der Waals surface area (Å²) in [6.07, 6.45) is 0. The highest BCUT2D eigenvalue weighted by molar-refractivity contribution is 5.66. The zero-order valence-corrected chi connectivity index (χ0v) is 11.8. The fraction of sp³-hybridized carbons (Fsp3) is 0.333. The Morgan fingerprint density at radius 1 is 1.16 bits per heavy atom. The average molecular weight is 257 g/mol. The van der Waals surface area contributed by atoms with Crippen LogP contribution in [0.3, 0.4) is 0 Å². The Labute approximate surface area is 113 Å². The zero-order valence-electron chi connectivity index (χ0n) is 11.8. The van der Waals surface area contributed by atoms with E-state index in [-0.39, 0.29) is 0 Å². The van der Waals surface area contributed by atoms with Gasteiger partial charge in [0.2, 0.25) is 0 Å². The molecule has 1 aromatic carbocycles. The van der Waals surface area contributed by atoms with E-state index in [9.17, 15) is 0 Å². The molecule has 0 spiro atoms. The van der Waals surface area contributed by atoms with Crippen molar-refractivity contribution in [3.63, 3.8) is 0 Å². The van der Waals surface area contributed by atoms with E-state index < -0.39 is 0 Å². The molecular weight excluding hydrogens is 238 g/mol. The maximum atomic E-state index is 5.79. The number of anilines is 1. The van der Waals surface area contributed by atoms with E-state index in [1.54, 1.807) is 13.2 Å². The van der Waals surface area contributed by atoms with Crippen molar-refractivity contribution in [3.8, 4) is 17.1 Å². The van der Waals surface area contributed by atoms with Crippen LogP contribution in [0.4, 0.5) is 5.82 Å². The van der Waals surface area contributed by atoms with Gasteiger partial charge < -0.3 is 10.5 Å². The van der Waals surface area contributed by atoms with Crippen molar-refractivity contribution < 1.29 is 4.74 Å². The first kappa shape index (κ1) is 13.3. The van der Waals surface area contributed by atoms with Gasteiger partial charge in [-0.05, 0) is 30.5 Å². The average Bonchev–Trinajstić information content (AvgIpc) is 2.36. The van der Waals surface area contributed by atoms with Crippen LogP contribution < -0.4 is 10.5 Å². The van der Waals surface area contributed by atoms with Crippen LogP contribution in [0.15, 0.2) is 24.3 Å². The largest absolute Gasteiger partial charge is 0.496 e. The summed E-state index contributed by atoms with van der Waals surface area (Å²) < 4.78 is 5.39. The van der Waals surface area contributed by atoms with Gasteiger partial charge in [-0.3, -0.25) is 0 Å².